The van der Waals surface area contributed by atoms with E-state index < -0.39 is 0 Å². The number of rotatable bonds is 4. The van der Waals surface area contributed by atoms with E-state index in [-0.39, 0.29) is 23.0 Å². The predicted molar refractivity (Wildman–Crippen MR) is 108 cm³/mol. The zero-order valence-electron chi connectivity index (χ0n) is 13.9. The van der Waals surface area contributed by atoms with Crippen molar-refractivity contribution >= 4 is 39.7 Å². The van der Waals surface area contributed by atoms with Gasteiger partial charge in [-0.3, -0.25) is 9.98 Å². The Kier molecular flexibility index (Phi) is 5.42. The number of halogens is 1. The molecule has 3 rings (SSSR count). The number of hydrogen-bond donors (Lipinski definition) is 4. The largest absolute Gasteiger partial charge is 0.504 e. The second-order valence-electron chi connectivity index (χ2n) is 5.58. The van der Waals surface area contributed by atoms with Crippen LogP contribution in [0.25, 0.3) is 0 Å². The van der Waals surface area contributed by atoms with Crippen LogP contribution in [0, 0.1) is 0 Å². The maximum Gasteiger partial charge on any atom is 0.166 e. The number of phenolic OH excluding ortho intramolecular Hbond substituents is 4. The smallest absolute Gasteiger partial charge is 0.166 e. The number of benzene rings is 3. The molecule has 3 aromatic rings. The summed E-state index contributed by atoms with van der Waals surface area (Å²) in [6.07, 6.45) is 2.84. The van der Waals surface area contributed by atoms with Gasteiger partial charge in [0, 0.05) is 28.0 Å². The van der Waals surface area contributed by atoms with E-state index in [1.165, 1.54) is 24.6 Å². The standard InChI is InChI=1S/C20H15BrN2O4/c21-14-7-8-15(22-10-12-3-1-5-17(24)19(12)26)16(9-14)23-11-13-4-2-6-18(25)20(13)27/h1-11,24-27H. The minimum absolute atomic E-state index is 0.229. The zero-order chi connectivity index (χ0) is 19.4. The van der Waals surface area contributed by atoms with Gasteiger partial charge in [0.15, 0.2) is 23.0 Å². The average Bonchev–Trinajstić information content (AvgIpc) is 2.65. The third kappa shape index (κ3) is 4.27. The molecule has 0 unspecified atom stereocenters. The fourth-order valence-electron chi connectivity index (χ4n) is 2.29. The highest BCUT2D eigenvalue weighted by atomic mass is 79.9. The summed E-state index contributed by atoms with van der Waals surface area (Å²) in [4.78, 5) is 8.67. The Labute approximate surface area is 163 Å². The van der Waals surface area contributed by atoms with E-state index in [0.717, 1.165) is 4.47 Å². The first kappa shape index (κ1) is 18.5. The summed E-state index contributed by atoms with van der Waals surface area (Å²) in [5, 5.41) is 38.9. The molecule has 0 aliphatic heterocycles. The zero-order valence-corrected chi connectivity index (χ0v) is 15.5. The molecule has 0 atom stereocenters. The molecule has 0 saturated carbocycles. The Morgan fingerprint density at radius 2 is 1.19 bits per heavy atom. The van der Waals surface area contributed by atoms with E-state index in [9.17, 15) is 20.4 Å². The minimum Gasteiger partial charge on any atom is -0.504 e. The molecule has 0 saturated heterocycles. The van der Waals surface area contributed by atoms with Crippen molar-refractivity contribution in [2.75, 3.05) is 0 Å². The van der Waals surface area contributed by atoms with Gasteiger partial charge in [0.05, 0.1) is 11.4 Å². The summed E-state index contributed by atoms with van der Waals surface area (Å²) in [6.45, 7) is 0. The predicted octanol–water partition coefficient (Wildman–Crippen LogP) is 4.77. The van der Waals surface area contributed by atoms with Gasteiger partial charge in [-0.05, 0) is 42.5 Å². The van der Waals surface area contributed by atoms with Crippen LogP contribution in [0.2, 0.25) is 0 Å². The molecule has 136 valence electrons. The van der Waals surface area contributed by atoms with E-state index in [1.807, 2.05) is 0 Å². The van der Waals surface area contributed by atoms with Crippen LogP contribution in [0.1, 0.15) is 11.1 Å². The lowest BCUT2D eigenvalue weighted by atomic mass is 10.2. The summed E-state index contributed by atoms with van der Waals surface area (Å²) < 4.78 is 0.786. The van der Waals surface area contributed by atoms with E-state index in [4.69, 9.17) is 0 Å². The molecule has 0 aromatic heterocycles. The van der Waals surface area contributed by atoms with Gasteiger partial charge in [0.25, 0.3) is 0 Å². The second kappa shape index (κ2) is 7.92. The van der Waals surface area contributed by atoms with Crippen LogP contribution in [0.15, 0.2) is 69.1 Å². The monoisotopic (exact) mass is 426 g/mol. The molecule has 27 heavy (non-hydrogen) atoms. The van der Waals surface area contributed by atoms with Crippen LogP contribution in [0.5, 0.6) is 23.0 Å². The molecule has 0 spiro atoms. The van der Waals surface area contributed by atoms with Crippen LogP contribution in [0.3, 0.4) is 0 Å². The average molecular weight is 427 g/mol. The molecule has 7 heteroatoms. The van der Waals surface area contributed by atoms with Gasteiger partial charge in [-0.25, -0.2) is 0 Å². The maximum absolute atomic E-state index is 9.88. The molecule has 0 aliphatic rings. The minimum atomic E-state index is -0.258. The van der Waals surface area contributed by atoms with Crippen molar-refractivity contribution in [3.05, 3.63) is 70.2 Å². The highest BCUT2D eigenvalue weighted by Crippen LogP contribution is 2.33. The maximum atomic E-state index is 9.88. The number of phenols is 4. The molecule has 0 heterocycles. The van der Waals surface area contributed by atoms with Crippen LogP contribution in [0.4, 0.5) is 11.4 Å². The molecule has 0 fully saturated rings. The molecule has 6 nitrogen and oxygen atoms in total. The van der Waals surface area contributed by atoms with E-state index in [2.05, 4.69) is 25.9 Å². The first-order valence-electron chi connectivity index (χ1n) is 7.85. The van der Waals surface area contributed by atoms with E-state index >= 15 is 0 Å². The summed E-state index contributed by atoms with van der Waals surface area (Å²) in [5.41, 5.74) is 1.73. The lowest BCUT2D eigenvalue weighted by Crippen LogP contribution is -1.84. The van der Waals surface area contributed by atoms with Crippen molar-refractivity contribution in [1.82, 2.24) is 0 Å². The van der Waals surface area contributed by atoms with Crippen LogP contribution in [-0.2, 0) is 0 Å². The topological polar surface area (TPSA) is 106 Å². The molecule has 0 radical (unpaired) electrons. The first-order chi connectivity index (χ1) is 13.0. The summed E-state index contributed by atoms with van der Waals surface area (Å²) in [6, 6.07) is 14.5. The summed E-state index contributed by atoms with van der Waals surface area (Å²) in [5.74, 6) is -0.975. The van der Waals surface area contributed by atoms with Crippen molar-refractivity contribution in [2.24, 2.45) is 9.98 Å². The molecule has 3 aromatic carbocycles. The van der Waals surface area contributed by atoms with Gasteiger partial charge in [0.2, 0.25) is 0 Å². The van der Waals surface area contributed by atoms with Gasteiger partial charge in [-0.15, -0.1) is 0 Å². The highest BCUT2D eigenvalue weighted by Gasteiger charge is 2.06. The summed E-state index contributed by atoms with van der Waals surface area (Å²) >= 11 is 3.38. The van der Waals surface area contributed by atoms with Gasteiger partial charge < -0.3 is 20.4 Å². The van der Waals surface area contributed by atoms with E-state index in [0.29, 0.717) is 22.5 Å². The second-order valence-corrected chi connectivity index (χ2v) is 6.50. The molecule has 0 bridgehead atoms. The Hall–Kier alpha value is -3.32. The third-order valence-corrected chi connectivity index (χ3v) is 4.21. The Bertz CT molecular complexity index is 1050. The normalized spacial score (nSPS) is 11.4. The Balaban J connectivity index is 1.96. The number of hydrogen-bond acceptors (Lipinski definition) is 6. The van der Waals surface area contributed by atoms with Crippen molar-refractivity contribution in [2.45, 2.75) is 0 Å². The molecule has 0 amide bonds. The van der Waals surface area contributed by atoms with Crippen LogP contribution in [-0.4, -0.2) is 32.9 Å². The lowest BCUT2D eigenvalue weighted by molar-refractivity contribution is 0.403. The SMILES string of the molecule is Oc1cccc(C=Nc2ccc(Br)cc2N=Cc2cccc(O)c2O)c1O. The molecule has 4 N–H and O–H groups in total. The van der Waals surface area contributed by atoms with Crippen molar-refractivity contribution in [3.63, 3.8) is 0 Å². The highest BCUT2D eigenvalue weighted by molar-refractivity contribution is 9.10. The number of nitrogens with zero attached hydrogens (tertiary/aromatic N) is 2. The van der Waals surface area contributed by atoms with Gasteiger partial charge >= 0.3 is 0 Å². The fraction of sp³-hybridized carbons (Fsp3) is 0. The third-order valence-electron chi connectivity index (χ3n) is 3.71. The quantitative estimate of drug-likeness (QED) is 0.356. The Morgan fingerprint density at radius 3 is 1.74 bits per heavy atom. The van der Waals surface area contributed by atoms with Crippen molar-refractivity contribution in [1.29, 1.82) is 0 Å². The van der Waals surface area contributed by atoms with Gasteiger partial charge in [-0.1, -0.05) is 28.1 Å². The molecular weight excluding hydrogens is 412 g/mol. The lowest BCUT2D eigenvalue weighted by Gasteiger charge is -2.04. The Morgan fingerprint density at radius 1 is 0.667 bits per heavy atom. The number of aliphatic imine (C=N–C) groups is 2. The number of para-hydroxylation sites is 2. The fourth-order valence-corrected chi connectivity index (χ4v) is 2.64. The van der Waals surface area contributed by atoms with Gasteiger partial charge in [-0.2, -0.15) is 0 Å². The van der Waals surface area contributed by atoms with E-state index in [1.54, 1.807) is 42.5 Å². The van der Waals surface area contributed by atoms with Crippen LogP contribution >= 0.6 is 15.9 Å². The van der Waals surface area contributed by atoms with Crippen LogP contribution < -0.4 is 0 Å². The first-order valence-corrected chi connectivity index (χ1v) is 8.64. The number of aromatic hydroxyl groups is 4. The van der Waals surface area contributed by atoms with Crippen molar-refractivity contribution < 1.29 is 20.4 Å². The van der Waals surface area contributed by atoms with Crippen molar-refractivity contribution in [3.8, 4) is 23.0 Å². The molecule has 0 aliphatic carbocycles. The molecular formula is C20H15BrN2O4. The van der Waals surface area contributed by atoms with Gasteiger partial charge in [0.1, 0.15) is 0 Å². The summed E-state index contributed by atoms with van der Waals surface area (Å²) in [7, 11) is 0.